The average molecular weight is 668 g/mol. The van der Waals surface area contributed by atoms with Crippen LogP contribution in [0.4, 0.5) is 13.2 Å². The quantitative estimate of drug-likeness (QED) is 0.336. The van der Waals surface area contributed by atoms with Gasteiger partial charge in [0, 0.05) is 40.7 Å². The predicted octanol–water partition coefficient (Wildman–Crippen LogP) is 3.93. The van der Waals surface area contributed by atoms with E-state index in [4.69, 9.17) is 11.6 Å². The van der Waals surface area contributed by atoms with Crippen molar-refractivity contribution in [3.05, 3.63) is 72.4 Å². The number of carbonyl (C=O) groups excluding carboxylic acids is 1. The highest BCUT2D eigenvalue weighted by atomic mass is 35.5. The number of piperidine rings is 2. The fourth-order valence-electron chi connectivity index (χ4n) is 6.36. The molecule has 2 aliphatic rings. The molecule has 3 aromatic rings. The molecule has 0 aliphatic carbocycles. The summed E-state index contributed by atoms with van der Waals surface area (Å²) >= 11 is 6.14. The largest absolute Gasteiger partial charge is 0.416 e. The molecular formula is C31H37ClF3N5O4S. The van der Waals surface area contributed by atoms with E-state index in [1.807, 2.05) is 4.90 Å². The maximum Gasteiger partial charge on any atom is 0.416 e. The van der Waals surface area contributed by atoms with Crippen LogP contribution in [-0.4, -0.2) is 62.5 Å². The van der Waals surface area contributed by atoms with Crippen LogP contribution >= 0.6 is 11.6 Å². The molecule has 5 rings (SSSR count). The Bertz CT molecular complexity index is 1740. The van der Waals surface area contributed by atoms with E-state index < -0.39 is 33.8 Å². The lowest BCUT2D eigenvalue weighted by Gasteiger charge is -2.35. The first-order valence-electron chi connectivity index (χ1n) is 15.1. The van der Waals surface area contributed by atoms with Crippen molar-refractivity contribution in [2.24, 2.45) is 5.92 Å². The molecular weight excluding hydrogens is 631 g/mol. The third-order valence-corrected chi connectivity index (χ3v) is 10.4. The number of hydrogen-bond acceptors (Lipinski definition) is 6. The first-order valence-corrected chi connectivity index (χ1v) is 16.8. The molecule has 2 atom stereocenters. The highest BCUT2D eigenvalue weighted by Crippen LogP contribution is 2.37. The lowest BCUT2D eigenvalue weighted by molar-refractivity contribution is -0.138. The summed E-state index contributed by atoms with van der Waals surface area (Å²) in [6.07, 6.45) is -1.81. The van der Waals surface area contributed by atoms with Crippen molar-refractivity contribution in [3.8, 4) is 0 Å². The summed E-state index contributed by atoms with van der Waals surface area (Å²) in [5.74, 6) is 0.207. The molecule has 9 nitrogen and oxygen atoms in total. The Hall–Kier alpha value is -3.00. The van der Waals surface area contributed by atoms with Gasteiger partial charge in [0.2, 0.25) is 5.91 Å². The number of aromatic amines is 1. The van der Waals surface area contributed by atoms with Gasteiger partial charge in [0.1, 0.15) is 0 Å². The zero-order chi connectivity index (χ0) is 32.5. The van der Waals surface area contributed by atoms with Crippen molar-refractivity contribution in [3.63, 3.8) is 0 Å². The number of alkyl halides is 3. The molecule has 45 heavy (non-hydrogen) atoms. The van der Waals surface area contributed by atoms with E-state index in [2.05, 4.69) is 15.6 Å². The molecule has 0 spiro atoms. The summed E-state index contributed by atoms with van der Waals surface area (Å²) in [6, 6.07) is 5.24. The molecule has 2 saturated heterocycles. The number of nitrogens with zero attached hydrogens (tertiary/aromatic N) is 2. The number of aryl methyl sites for hydroxylation is 1. The van der Waals surface area contributed by atoms with Gasteiger partial charge in [0.15, 0.2) is 0 Å². The molecule has 244 valence electrons. The molecule has 1 unspecified atom stereocenters. The van der Waals surface area contributed by atoms with Crippen LogP contribution in [0.1, 0.15) is 54.9 Å². The molecule has 0 bridgehead atoms. The molecule has 3 N–H and O–H groups in total. The summed E-state index contributed by atoms with van der Waals surface area (Å²) in [6.45, 7) is 5.33. The Balaban J connectivity index is 1.48. The number of carbonyl (C=O) groups is 1. The summed E-state index contributed by atoms with van der Waals surface area (Å²) in [7, 11) is -1.42. The Morgan fingerprint density at radius 2 is 1.87 bits per heavy atom. The predicted molar refractivity (Wildman–Crippen MR) is 168 cm³/mol. The number of nitrogens with one attached hydrogen (secondary N) is 3. The summed E-state index contributed by atoms with van der Waals surface area (Å²) in [5, 5.41) is 6.37. The standard InChI is InChI=1S/C31H37ClF3N5O4S/c1-3-45(44)26-7-6-21(32)13-20(26)15-40-29(42)23-14-25(31(33,34)35)24(18(2)27(23)38-30(40)43)17-39-12-4-5-22(16-39)37-28(41)19-8-10-36-11-9-19/h6-7,13-14,19,22,36H,3-5,8-12,15-17H2,1-2H3,(H,37,41)(H,38,43)/t22-,45?/m1/s1. The third-order valence-electron chi connectivity index (χ3n) is 8.77. The minimum absolute atomic E-state index is 0.0131. The smallest absolute Gasteiger partial charge is 0.352 e. The van der Waals surface area contributed by atoms with Crippen LogP contribution < -0.4 is 21.9 Å². The number of aromatic nitrogens is 2. The van der Waals surface area contributed by atoms with Gasteiger partial charge in [-0.1, -0.05) is 18.5 Å². The van der Waals surface area contributed by atoms with Gasteiger partial charge >= 0.3 is 11.9 Å². The summed E-state index contributed by atoms with van der Waals surface area (Å²) < 4.78 is 57.0. The monoisotopic (exact) mass is 667 g/mol. The van der Waals surface area contributed by atoms with Crippen LogP contribution in [0.5, 0.6) is 0 Å². The SMILES string of the molecule is CCS(=O)c1ccc(Cl)cc1Cn1c(=O)[nH]c2c(C)c(CN3CCC[C@@H](NC(=O)C4CCNCC4)C3)c(C(F)(F)F)cc2c1=O. The van der Waals surface area contributed by atoms with E-state index in [1.54, 1.807) is 19.1 Å². The first kappa shape index (κ1) is 33.4. The average Bonchev–Trinajstić information content (AvgIpc) is 3.00. The van der Waals surface area contributed by atoms with Crippen molar-refractivity contribution < 1.29 is 22.2 Å². The van der Waals surface area contributed by atoms with Crippen LogP contribution in [0.3, 0.4) is 0 Å². The highest BCUT2D eigenvalue weighted by molar-refractivity contribution is 7.85. The molecule has 2 aromatic carbocycles. The second-order valence-corrected chi connectivity index (χ2v) is 13.9. The van der Waals surface area contributed by atoms with Crippen molar-refractivity contribution >= 4 is 39.2 Å². The van der Waals surface area contributed by atoms with E-state index in [9.17, 15) is 31.8 Å². The minimum atomic E-state index is -4.77. The van der Waals surface area contributed by atoms with Crippen LogP contribution in [-0.2, 0) is 34.9 Å². The van der Waals surface area contributed by atoms with Crippen LogP contribution in [0.15, 0.2) is 38.8 Å². The highest BCUT2D eigenvalue weighted by Gasteiger charge is 2.36. The van der Waals surface area contributed by atoms with E-state index in [0.717, 1.165) is 43.0 Å². The second kappa shape index (κ2) is 13.8. The van der Waals surface area contributed by atoms with Crippen LogP contribution in [0.25, 0.3) is 10.9 Å². The van der Waals surface area contributed by atoms with Gasteiger partial charge in [-0.2, -0.15) is 13.2 Å². The Labute approximate surface area is 266 Å². The van der Waals surface area contributed by atoms with Gasteiger partial charge in [-0.25, -0.2) is 4.79 Å². The third kappa shape index (κ3) is 7.37. The number of amides is 1. The van der Waals surface area contributed by atoms with Crippen LogP contribution in [0, 0.1) is 12.8 Å². The van der Waals surface area contributed by atoms with Gasteiger partial charge in [0.25, 0.3) is 5.56 Å². The van der Waals surface area contributed by atoms with Gasteiger partial charge in [-0.05, 0) is 93.2 Å². The van der Waals surface area contributed by atoms with E-state index >= 15 is 0 Å². The Morgan fingerprint density at radius 3 is 2.56 bits per heavy atom. The number of fused-ring (bicyclic) bond motifs is 1. The number of H-pyrrole nitrogens is 1. The molecule has 3 heterocycles. The van der Waals surface area contributed by atoms with Gasteiger partial charge in [-0.3, -0.25) is 23.3 Å². The lowest BCUT2D eigenvalue weighted by Crippen LogP contribution is -2.50. The van der Waals surface area contributed by atoms with Crippen molar-refractivity contribution in [1.29, 1.82) is 0 Å². The van der Waals surface area contributed by atoms with E-state index in [-0.39, 0.29) is 58.7 Å². The summed E-state index contributed by atoms with van der Waals surface area (Å²) in [4.78, 5) is 44.6. The lowest BCUT2D eigenvalue weighted by atomic mass is 9.95. The zero-order valence-corrected chi connectivity index (χ0v) is 26.8. The Morgan fingerprint density at radius 1 is 1.13 bits per heavy atom. The van der Waals surface area contributed by atoms with E-state index in [1.165, 1.54) is 13.0 Å². The van der Waals surface area contributed by atoms with Gasteiger partial charge < -0.3 is 15.6 Å². The van der Waals surface area contributed by atoms with Gasteiger partial charge in [0.05, 0.1) is 33.8 Å². The minimum Gasteiger partial charge on any atom is -0.352 e. The summed E-state index contributed by atoms with van der Waals surface area (Å²) in [5.41, 5.74) is -2.08. The molecule has 2 aliphatic heterocycles. The maximum absolute atomic E-state index is 14.5. The zero-order valence-electron chi connectivity index (χ0n) is 25.2. The molecule has 1 aromatic heterocycles. The molecule has 14 heteroatoms. The van der Waals surface area contributed by atoms with Crippen LogP contribution in [0.2, 0.25) is 5.02 Å². The number of likely N-dealkylation sites (tertiary alicyclic amines) is 1. The normalized spacial score (nSPS) is 19.1. The Kier molecular flexibility index (Phi) is 10.2. The fraction of sp³-hybridized carbons (Fsp3) is 0.516. The second-order valence-electron chi connectivity index (χ2n) is 11.8. The maximum atomic E-state index is 14.5. The van der Waals surface area contributed by atoms with Crippen molar-refractivity contribution in [1.82, 2.24) is 25.1 Å². The molecule has 0 saturated carbocycles. The molecule has 1 amide bonds. The fourth-order valence-corrected chi connectivity index (χ4v) is 7.51. The number of halogens is 4. The topological polar surface area (TPSA) is 116 Å². The first-order chi connectivity index (χ1) is 21.4. The number of benzene rings is 2. The van der Waals surface area contributed by atoms with Crippen molar-refractivity contribution in [2.45, 2.75) is 69.7 Å². The van der Waals surface area contributed by atoms with E-state index in [0.29, 0.717) is 35.0 Å². The number of hydrogen-bond donors (Lipinski definition) is 3. The van der Waals surface area contributed by atoms with Gasteiger partial charge in [-0.15, -0.1) is 0 Å². The van der Waals surface area contributed by atoms with Crippen molar-refractivity contribution in [2.75, 3.05) is 31.9 Å². The molecule has 2 fully saturated rings. The molecule has 0 radical (unpaired) electrons. The number of rotatable bonds is 8.